The molecule has 1 aromatic rings. The van der Waals surface area contributed by atoms with Gasteiger partial charge in [-0.15, -0.1) is 0 Å². The topological polar surface area (TPSA) is 69.4 Å². The van der Waals surface area contributed by atoms with Crippen molar-refractivity contribution in [2.45, 2.75) is 27.2 Å². The van der Waals surface area contributed by atoms with Gasteiger partial charge in [-0.3, -0.25) is 10.1 Å². The summed E-state index contributed by atoms with van der Waals surface area (Å²) in [4.78, 5) is 21.7. The minimum atomic E-state index is -0.600. The molecule has 104 valence electrons. The number of nitro benzene ring substituents is 1. The highest BCUT2D eigenvalue weighted by Crippen LogP contribution is 2.25. The lowest BCUT2D eigenvalue weighted by Crippen LogP contribution is -2.13. The summed E-state index contributed by atoms with van der Waals surface area (Å²) in [6.07, 6.45) is 0.736. The van der Waals surface area contributed by atoms with Crippen LogP contribution < -0.4 is 0 Å². The van der Waals surface area contributed by atoms with Gasteiger partial charge < -0.3 is 4.74 Å². The van der Waals surface area contributed by atoms with Crippen molar-refractivity contribution in [3.8, 4) is 0 Å². The van der Waals surface area contributed by atoms with E-state index in [1.165, 1.54) is 18.2 Å². The van der Waals surface area contributed by atoms with Crippen molar-refractivity contribution in [1.29, 1.82) is 0 Å². The second-order valence-corrected chi connectivity index (χ2v) is 5.78. The van der Waals surface area contributed by atoms with Crippen molar-refractivity contribution in [1.82, 2.24) is 0 Å². The first kappa shape index (κ1) is 15.4. The van der Waals surface area contributed by atoms with Crippen LogP contribution in [0.2, 0.25) is 5.02 Å². The van der Waals surface area contributed by atoms with Crippen molar-refractivity contribution < 1.29 is 14.5 Å². The summed E-state index contributed by atoms with van der Waals surface area (Å²) in [7, 11) is 0. The fraction of sp³-hybridized carbons (Fsp3) is 0.462. The molecule has 0 atom stereocenters. The maximum atomic E-state index is 11.7. The molecule has 0 amide bonds. The van der Waals surface area contributed by atoms with Crippen LogP contribution in [0.5, 0.6) is 0 Å². The van der Waals surface area contributed by atoms with E-state index < -0.39 is 10.9 Å². The summed E-state index contributed by atoms with van der Waals surface area (Å²) in [6, 6.07) is 3.78. The predicted octanol–water partition coefficient (Wildman–Crippen LogP) is 3.84. The number of ether oxygens (including phenoxy) is 1. The van der Waals surface area contributed by atoms with E-state index >= 15 is 0 Å². The summed E-state index contributed by atoms with van der Waals surface area (Å²) < 4.78 is 5.09. The highest BCUT2D eigenvalue weighted by molar-refractivity contribution is 6.33. The number of hydrogen-bond acceptors (Lipinski definition) is 4. The van der Waals surface area contributed by atoms with Crippen LogP contribution in [0.1, 0.15) is 37.6 Å². The van der Waals surface area contributed by atoms with Crippen LogP contribution in [-0.4, -0.2) is 17.5 Å². The van der Waals surface area contributed by atoms with Gasteiger partial charge in [-0.2, -0.15) is 0 Å². The number of esters is 1. The van der Waals surface area contributed by atoms with Crippen LogP contribution in [-0.2, 0) is 4.74 Å². The molecule has 0 fully saturated rings. The van der Waals surface area contributed by atoms with E-state index in [9.17, 15) is 14.9 Å². The van der Waals surface area contributed by atoms with E-state index in [1.807, 2.05) is 20.8 Å². The van der Waals surface area contributed by atoms with Gasteiger partial charge in [0.1, 0.15) is 5.02 Å². The van der Waals surface area contributed by atoms with Gasteiger partial charge in [0.05, 0.1) is 17.1 Å². The first-order valence-corrected chi connectivity index (χ1v) is 6.19. The van der Waals surface area contributed by atoms with Crippen LogP contribution >= 0.6 is 11.6 Å². The number of nitrogens with zero attached hydrogens (tertiary/aromatic N) is 1. The summed E-state index contributed by atoms with van der Waals surface area (Å²) in [5, 5.41) is 10.5. The molecule has 0 aliphatic carbocycles. The van der Waals surface area contributed by atoms with Gasteiger partial charge in [0.25, 0.3) is 5.69 Å². The third-order valence-electron chi connectivity index (χ3n) is 2.47. The summed E-state index contributed by atoms with van der Waals surface area (Å²) >= 11 is 5.73. The number of carbonyl (C=O) groups excluding carboxylic acids is 1. The third kappa shape index (κ3) is 4.87. The molecule has 0 radical (unpaired) electrons. The molecule has 0 bridgehead atoms. The van der Waals surface area contributed by atoms with Gasteiger partial charge in [0, 0.05) is 6.07 Å². The number of nitro groups is 1. The Labute approximate surface area is 116 Å². The van der Waals surface area contributed by atoms with Crippen molar-refractivity contribution in [2.75, 3.05) is 6.61 Å². The molecule has 0 aliphatic heterocycles. The van der Waals surface area contributed by atoms with Crippen LogP contribution in [0.15, 0.2) is 18.2 Å². The zero-order chi connectivity index (χ0) is 14.6. The van der Waals surface area contributed by atoms with Gasteiger partial charge in [0.2, 0.25) is 0 Å². The Bertz CT molecular complexity index is 494. The van der Waals surface area contributed by atoms with Crippen LogP contribution in [0.4, 0.5) is 5.69 Å². The Hall–Kier alpha value is -1.62. The number of rotatable bonds is 4. The van der Waals surface area contributed by atoms with E-state index in [-0.39, 0.29) is 21.7 Å². The summed E-state index contributed by atoms with van der Waals surface area (Å²) in [5.74, 6) is -0.527. The van der Waals surface area contributed by atoms with Gasteiger partial charge in [0.15, 0.2) is 0 Å². The maximum Gasteiger partial charge on any atom is 0.338 e. The van der Waals surface area contributed by atoms with Gasteiger partial charge in [-0.1, -0.05) is 32.4 Å². The molecule has 0 N–H and O–H groups in total. The zero-order valence-electron chi connectivity index (χ0n) is 11.1. The van der Waals surface area contributed by atoms with E-state index in [0.717, 1.165) is 6.42 Å². The van der Waals surface area contributed by atoms with E-state index in [1.54, 1.807) is 0 Å². The normalized spacial score (nSPS) is 11.2. The summed E-state index contributed by atoms with van der Waals surface area (Å²) in [5.41, 5.74) is 0.0605. The molecular formula is C13H16ClNO4. The fourth-order valence-corrected chi connectivity index (χ4v) is 1.56. The first-order valence-electron chi connectivity index (χ1n) is 5.82. The average Bonchev–Trinajstić information content (AvgIpc) is 2.26. The molecule has 0 saturated heterocycles. The molecule has 0 unspecified atom stereocenters. The molecule has 19 heavy (non-hydrogen) atoms. The standard InChI is InChI=1S/C13H16ClNO4/c1-13(2,3)6-7-19-12(16)9-4-5-11(15(17)18)10(14)8-9/h4-5,8H,6-7H2,1-3H3. The lowest BCUT2D eigenvalue weighted by molar-refractivity contribution is -0.384. The van der Waals surface area contributed by atoms with Crippen molar-refractivity contribution in [3.63, 3.8) is 0 Å². The molecule has 5 nitrogen and oxygen atoms in total. The fourth-order valence-electron chi connectivity index (χ4n) is 1.32. The molecular weight excluding hydrogens is 270 g/mol. The SMILES string of the molecule is CC(C)(C)CCOC(=O)c1ccc([N+](=O)[O-])c(Cl)c1. The minimum Gasteiger partial charge on any atom is -0.462 e. The highest BCUT2D eigenvalue weighted by Gasteiger charge is 2.17. The van der Waals surface area contributed by atoms with E-state index in [0.29, 0.717) is 6.61 Å². The molecule has 1 aromatic carbocycles. The lowest BCUT2D eigenvalue weighted by atomic mass is 9.93. The van der Waals surface area contributed by atoms with Crippen molar-refractivity contribution in [2.24, 2.45) is 5.41 Å². The van der Waals surface area contributed by atoms with E-state index in [4.69, 9.17) is 16.3 Å². The molecule has 0 aliphatic rings. The quantitative estimate of drug-likeness (QED) is 0.479. The second-order valence-electron chi connectivity index (χ2n) is 5.37. The number of halogens is 1. The average molecular weight is 286 g/mol. The Morgan fingerprint density at radius 2 is 2.05 bits per heavy atom. The molecule has 6 heteroatoms. The predicted molar refractivity (Wildman–Crippen MR) is 72.5 cm³/mol. The lowest BCUT2D eigenvalue weighted by Gasteiger charge is -2.17. The third-order valence-corrected chi connectivity index (χ3v) is 2.77. The largest absolute Gasteiger partial charge is 0.462 e. The van der Waals surface area contributed by atoms with Crippen molar-refractivity contribution >= 4 is 23.3 Å². The van der Waals surface area contributed by atoms with Crippen molar-refractivity contribution in [3.05, 3.63) is 38.9 Å². The van der Waals surface area contributed by atoms with Gasteiger partial charge >= 0.3 is 5.97 Å². The molecule has 0 aromatic heterocycles. The highest BCUT2D eigenvalue weighted by atomic mass is 35.5. The van der Waals surface area contributed by atoms with E-state index in [2.05, 4.69) is 0 Å². The zero-order valence-corrected chi connectivity index (χ0v) is 11.9. The molecule has 0 saturated carbocycles. The summed E-state index contributed by atoms with van der Waals surface area (Å²) in [6.45, 7) is 6.44. The number of hydrogen-bond donors (Lipinski definition) is 0. The monoisotopic (exact) mass is 285 g/mol. The Kier molecular flexibility index (Phi) is 4.89. The van der Waals surface area contributed by atoms with Crippen LogP contribution in [0, 0.1) is 15.5 Å². The second kappa shape index (κ2) is 6.02. The smallest absolute Gasteiger partial charge is 0.338 e. The van der Waals surface area contributed by atoms with Crippen LogP contribution in [0.3, 0.4) is 0 Å². The van der Waals surface area contributed by atoms with Crippen LogP contribution in [0.25, 0.3) is 0 Å². The van der Waals surface area contributed by atoms with Gasteiger partial charge in [-0.05, 0) is 24.0 Å². The number of carbonyl (C=O) groups is 1. The molecule has 1 rings (SSSR count). The Balaban J connectivity index is 2.68. The molecule has 0 heterocycles. The Morgan fingerprint density at radius 3 is 2.53 bits per heavy atom. The minimum absolute atomic E-state index is 0.0738. The maximum absolute atomic E-state index is 11.7. The number of benzene rings is 1. The Morgan fingerprint density at radius 1 is 1.42 bits per heavy atom. The molecule has 0 spiro atoms. The first-order chi connectivity index (χ1) is 8.70. The van der Waals surface area contributed by atoms with Gasteiger partial charge in [-0.25, -0.2) is 4.79 Å².